The lowest BCUT2D eigenvalue weighted by Crippen LogP contribution is -2.12. The molecule has 0 aromatic rings. The number of ketones is 1. The maximum Gasteiger partial charge on any atom is 0.136 e. The normalized spacial score (nSPS) is 28.3. The smallest absolute Gasteiger partial charge is 0.136 e. The Morgan fingerprint density at radius 3 is 2.69 bits per heavy atom. The van der Waals surface area contributed by atoms with Crippen LogP contribution in [0.1, 0.15) is 51.9 Å². The van der Waals surface area contributed by atoms with Gasteiger partial charge in [-0.15, -0.1) is 0 Å². The molecule has 0 N–H and O–H groups in total. The van der Waals surface area contributed by atoms with Gasteiger partial charge in [-0.3, -0.25) is 4.79 Å². The molecule has 0 heterocycles. The largest absolute Gasteiger partial charge is 0.299 e. The van der Waals surface area contributed by atoms with Crippen molar-refractivity contribution in [2.45, 2.75) is 51.9 Å². The van der Waals surface area contributed by atoms with Crippen LogP contribution < -0.4 is 0 Å². The van der Waals surface area contributed by atoms with E-state index >= 15 is 0 Å². The first kappa shape index (κ1) is 10.7. The van der Waals surface area contributed by atoms with Gasteiger partial charge < -0.3 is 0 Å². The molecule has 1 heteroatoms. The molecule has 1 nitrogen and oxygen atoms in total. The minimum atomic E-state index is 0.303. The zero-order chi connectivity index (χ0) is 9.68. The van der Waals surface area contributed by atoms with Crippen LogP contribution in [0.3, 0.4) is 0 Å². The Bertz CT molecular complexity index is 163. The van der Waals surface area contributed by atoms with Gasteiger partial charge in [-0.2, -0.15) is 0 Å². The second kappa shape index (κ2) is 5.41. The van der Waals surface area contributed by atoms with Crippen LogP contribution in [-0.2, 0) is 4.79 Å². The van der Waals surface area contributed by atoms with Gasteiger partial charge in [0.1, 0.15) is 5.78 Å². The summed E-state index contributed by atoms with van der Waals surface area (Å²) in [6.07, 6.45) is 7.98. The van der Waals surface area contributed by atoms with E-state index in [2.05, 4.69) is 13.8 Å². The molecular weight excluding hydrogens is 160 g/mol. The molecule has 0 amide bonds. The van der Waals surface area contributed by atoms with Crippen LogP contribution >= 0.6 is 0 Å². The summed E-state index contributed by atoms with van der Waals surface area (Å²) in [6, 6.07) is 0. The molecule has 1 radical (unpaired) electrons. The molecule has 1 saturated carbocycles. The van der Waals surface area contributed by atoms with E-state index in [1.807, 2.05) is 0 Å². The van der Waals surface area contributed by atoms with Gasteiger partial charge in [0.05, 0.1) is 0 Å². The molecule has 0 aromatic heterocycles. The number of Topliss-reactive ketones (excluding diaryl/α,β-unsaturated/α-hetero) is 1. The van der Waals surface area contributed by atoms with Crippen LogP contribution in [0, 0.1) is 18.8 Å². The summed E-state index contributed by atoms with van der Waals surface area (Å²) in [5.74, 6) is 1.18. The molecule has 1 aliphatic carbocycles. The fourth-order valence-electron chi connectivity index (χ4n) is 2.16. The highest BCUT2D eigenvalue weighted by Crippen LogP contribution is 2.31. The number of carbonyl (C=O) groups is 1. The second-order valence-corrected chi connectivity index (χ2v) is 4.22. The fraction of sp³-hybridized carbons (Fsp3) is 0.833. The van der Waals surface area contributed by atoms with E-state index in [1.54, 1.807) is 0 Å². The van der Waals surface area contributed by atoms with Gasteiger partial charge in [-0.05, 0) is 25.7 Å². The molecule has 75 valence electrons. The van der Waals surface area contributed by atoms with E-state index in [-0.39, 0.29) is 0 Å². The van der Waals surface area contributed by atoms with Crippen LogP contribution in [0.2, 0.25) is 0 Å². The predicted octanol–water partition coefficient (Wildman–Crippen LogP) is 3.39. The summed E-state index contributed by atoms with van der Waals surface area (Å²) >= 11 is 0. The first-order chi connectivity index (χ1) is 6.25. The van der Waals surface area contributed by atoms with Gasteiger partial charge in [-0.25, -0.2) is 0 Å². The molecule has 0 spiro atoms. The summed E-state index contributed by atoms with van der Waals surface area (Å²) in [4.78, 5) is 11.4. The summed E-state index contributed by atoms with van der Waals surface area (Å²) in [5, 5.41) is 0. The van der Waals surface area contributed by atoms with Crippen LogP contribution in [0.15, 0.2) is 0 Å². The number of carbonyl (C=O) groups excluding carboxylic acids is 1. The lowest BCUT2D eigenvalue weighted by molar-refractivity contribution is -0.121. The lowest BCUT2D eigenvalue weighted by atomic mass is 9.91. The van der Waals surface area contributed by atoms with Crippen molar-refractivity contribution in [3.63, 3.8) is 0 Å². The van der Waals surface area contributed by atoms with Crippen LogP contribution in [0.4, 0.5) is 0 Å². The van der Waals surface area contributed by atoms with E-state index in [4.69, 9.17) is 0 Å². The quantitative estimate of drug-likeness (QED) is 0.594. The maximum atomic E-state index is 11.4. The highest BCUT2D eigenvalue weighted by Gasteiger charge is 2.30. The second-order valence-electron chi connectivity index (χ2n) is 4.22. The topological polar surface area (TPSA) is 17.1 Å². The number of hydrogen-bond donors (Lipinski definition) is 0. The van der Waals surface area contributed by atoms with Gasteiger partial charge >= 0.3 is 0 Å². The van der Waals surface area contributed by atoms with Crippen LogP contribution in [-0.4, -0.2) is 5.78 Å². The van der Waals surface area contributed by atoms with E-state index in [9.17, 15) is 4.79 Å². The third-order valence-corrected chi connectivity index (χ3v) is 3.11. The van der Waals surface area contributed by atoms with Crippen molar-refractivity contribution in [2.75, 3.05) is 0 Å². The van der Waals surface area contributed by atoms with Gasteiger partial charge in [0.2, 0.25) is 0 Å². The average Bonchev–Trinajstić information content (AvgIpc) is 2.42. The molecule has 0 aliphatic heterocycles. The van der Waals surface area contributed by atoms with E-state index in [0.29, 0.717) is 17.6 Å². The summed E-state index contributed by atoms with van der Waals surface area (Å²) in [7, 11) is 0. The zero-order valence-corrected chi connectivity index (χ0v) is 8.72. The van der Waals surface area contributed by atoms with E-state index in [0.717, 1.165) is 19.3 Å². The van der Waals surface area contributed by atoms with Gasteiger partial charge in [0.25, 0.3) is 0 Å². The van der Waals surface area contributed by atoms with Crippen LogP contribution in [0.5, 0.6) is 0 Å². The van der Waals surface area contributed by atoms with Crippen molar-refractivity contribution < 1.29 is 4.79 Å². The van der Waals surface area contributed by atoms with Gasteiger partial charge in [0.15, 0.2) is 0 Å². The lowest BCUT2D eigenvalue weighted by Gasteiger charge is -2.12. The average molecular weight is 181 g/mol. The van der Waals surface area contributed by atoms with Crippen molar-refractivity contribution in [3.05, 3.63) is 6.92 Å². The molecule has 2 atom stereocenters. The molecule has 2 unspecified atom stereocenters. The molecule has 1 fully saturated rings. The molecular formula is C12H21O. The Labute approximate surface area is 81.9 Å². The first-order valence-electron chi connectivity index (χ1n) is 5.61. The SMILES string of the molecule is [CH2]C1CCC(=O)C1CCCCCC. The summed E-state index contributed by atoms with van der Waals surface area (Å²) < 4.78 is 0. The minimum absolute atomic E-state index is 0.303. The third-order valence-electron chi connectivity index (χ3n) is 3.11. The fourth-order valence-corrected chi connectivity index (χ4v) is 2.16. The maximum absolute atomic E-state index is 11.4. The molecule has 0 saturated heterocycles. The first-order valence-corrected chi connectivity index (χ1v) is 5.61. The Kier molecular flexibility index (Phi) is 4.47. The monoisotopic (exact) mass is 181 g/mol. The van der Waals surface area contributed by atoms with Crippen molar-refractivity contribution in [1.29, 1.82) is 0 Å². The molecule has 1 rings (SSSR count). The number of rotatable bonds is 5. The summed E-state index contributed by atoms with van der Waals surface area (Å²) in [5.41, 5.74) is 0. The Hall–Kier alpha value is -0.330. The highest BCUT2D eigenvalue weighted by atomic mass is 16.1. The summed E-state index contributed by atoms with van der Waals surface area (Å²) in [6.45, 7) is 6.26. The van der Waals surface area contributed by atoms with E-state index < -0.39 is 0 Å². The Morgan fingerprint density at radius 2 is 2.15 bits per heavy atom. The molecule has 1 aliphatic rings. The van der Waals surface area contributed by atoms with Crippen molar-refractivity contribution >= 4 is 5.78 Å². The third kappa shape index (κ3) is 3.13. The zero-order valence-electron chi connectivity index (χ0n) is 8.72. The predicted molar refractivity (Wildman–Crippen MR) is 55.3 cm³/mol. The Morgan fingerprint density at radius 1 is 1.38 bits per heavy atom. The molecule has 0 aromatic carbocycles. The molecule has 0 bridgehead atoms. The standard InChI is InChI=1S/C12H21O/c1-3-4-5-6-7-11-10(2)8-9-12(11)13/h10-11H,2-9H2,1H3. The van der Waals surface area contributed by atoms with Crippen molar-refractivity contribution in [1.82, 2.24) is 0 Å². The minimum Gasteiger partial charge on any atom is -0.299 e. The number of unbranched alkanes of at least 4 members (excludes halogenated alkanes) is 3. The van der Waals surface area contributed by atoms with E-state index in [1.165, 1.54) is 25.7 Å². The van der Waals surface area contributed by atoms with Crippen molar-refractivity contribution in [3.8, 4) is 0 Å². The van der Waals surface area contributed by atoms with Gasteiger partial charge in [-0.1, -0.05) is 32.6 Å². The van der Waals surface area contributed by atoms with Crippen LogP contribution in [0.25, 0.3) is 0 Å². The highest BCUT2D eigenvalue weighted by molar-refractivity contribution is 5.83. The molecule has 13 heavy (non-hydrogen) atoms. The van der Waals surface area contributed by atoms with Crippen molar-refractivity contribution in [2.24, 2.45) is 11.8 Å². The van der Waals surface area contributed by atoms with Gasteiger partial charge in [0, 0.05) is 12.3 Å². The number of hydrogen-bond acceptors (Lipinski definition) is 1. The Balaban J connectivity index is 2.16.